The first-order valence-corrected chi connectivity index (χ1v) is 4.90. The molecule has 0 rings (SSSR count). The summed E-state index contributed by atoms with van der Waals surface area (Å²) < 4.78 is 9.95. The van der Waals surface area contributed by atoms with Crippen LogP contribution in [0.1, 0.15) is 19.8 Å². The van der Waals surface area contributed by atoms with E-state index in [-0.39, 0.29) is 12.7 Å². The number of aliphatic hydroxyl groups is 1. The lowest BCUT2D eigenvalue weighted by atomic mass is 10.4. The molecule has 0 heterocycles. The minimum Gasteiger partial charge on any atom is -0.449 e. The van der Waals surface area contributed by atoms with E-state index in [2.05, 4.69) is 5.32 Å². The molecule has 0 aromatic rings. The molecule has 0 saturated heterocycles. The lowest BCUT2D eigenvalue weighted by Crippen LogP contribution is -2.24. The Morgan fingerprint density at radius 1 is 1.29 bits per heavy atom. The summed E-state index contributed by atoms with van der Waals surface area (Å²) >= 11 is 0. The predicted molar refractivity (Wildman–Crippen MR) is 52.2 cm³/mol. The molecule has 0 bridgehead atoms. The first-order valence-electron chi connectivity index (χ1n) is 4.90. The van der Waals surface area contributed by atoms with Crippen molar-refractivity contribution in [2.45, 2.75) is 19.8 Å². The molecule has 0 spiro atoms. The third kappa shape index (κ3) is 9.28. The Morgan fingerprint density at radius 3 is 2.64 bits per heavy atom. The van der Waals surface area contributed by atoms with Gasteiger partial charge in [-0.15, -0.1) is 0 Å². The lowest BCUT2D eigenvalue weighted by molar-refractivity contribution is 0.0918. The third-order valence-corrected chi connectivity index (χ3v) is 1.43. The highest BCUT2D eigenvalue weighted by atomic mass is 16.5. The van der Waals surface area contributed by atoms with E-state index in [1.807, 2.05) is 6.92 Å². The van der Waals surface area contributed by atoms with Gasteiger partial charge in [0, 0.05) is 32.8 Å². The van der Waals surface area contributed by atoms with Crippen molar-refractivity contribution in [3.05, 3.63) is 0 Å². The molecule has 0 aliphatic rings. The summed E-state index contributed by atoms with van der Waals surface area (Å²) in [4.78, 5) is 10.8. The van der Waals surface area contributed by atoms with Crippen LogP contribution in [-0.4, -0.2) is 44.2 Å². The Labute approximate surface area is 84.4 Å². The van der Waals surface area contributed by atoms with E-state index in [0.29, 0.717) is 39.2 Å². The molecule has 0 aromatic heterocycles. The molecule has 5 nitrogen and oxygen atoms in total. The second kappa shape index (κ2) is 10.3. The first kappa shape index (κ1) is 13.2. The summed E-state index contributed by atoms with van der Waals surface area (Å²) in [6.07, 6.45) is 0.947. The zero-order valence-corrected chi connectivity index (χ0v) is 8.62. The van der Waals surface area contributed by atoms with Crippen molar-refractivity contribution in [3.63, 3.8) is 0 Å². The number of amides is 1. The highest BCUT2D eigenvalue weighted by Gasteiger charge is 1.97. The average Bonchev–Trinajstić information content (AvgIpc) is 2.17. The number of carbonyl (C=O) groups is 1. The molecule has 1 amide bonds. The fourth-order valence-electron chi connectivity index (χ4n) is 0.790. The van der Waals surface area contributed by atoms with E-state index >= 15 is 0 Å². The van der Waals surface area contributed by atoms with Crippen LogP contribution in [-0.2, 0) is 9.47 Å². The van der Waals surface area contributed by atoms with Crippen molar-refractivity contribution >= 4 is 6.09 Å². The van der Waals surface area contributed by atoms with E-state index in [4.69, 9.17) is 14.6 Å². The Morgan fingerprint density at radius 2 is 2.00 bits per heavy atom. The molecular formula is C9H19NO4. The summed E-state index contributed by atoms with van der Waals surface area (Å²) in [5.41, 5.74) is 0. The normalized spacial score (nSPS) is 9.86. The Bertz CT molecular complexity index is 141. The van der Waals surface area contributed by atoms with Gasteiger partial charge in [-0.3, -0.25) is 0 Å². The molecule has 0 aliphatic heterocycles. The van der Waals surface area contributed by atoms with Crippen LogP contribution in [0.2, 0.25) is 0 Å². The number of ether oxygens (including phenoxy) is 2. The zero-order valence-electron chi connectivity index (χ0n) is 8.62. The molecule has 84 valence electrons. The van der Waals surface area contributed by atoms with Crippen LogP contribution >= 0.6 is 0 Å². The highest BCUT2D eigenvalue weighted by Crippen LogP contribution is 1.87. The molecule has 0 atom stereocenters. The summed E-state index contributed by atoms with van der Waals surface area (Å²) in [6.45, 7) is 4.03. The summed E-state index contributed by atoms with van der Waals surface area (Å²) in [6, 6.07) is 0. The van der Waals surface area contributed by atoms with Crippen molar-refractivity contribution in [2.75, 3.05) is 33.0 Å². The molecule has 0 radical (unpaired) electrons. The average molecular weight is 205 g/mol. The van der Waals surface area contributed by atoms with Crippen molar-refractivity contribution in [1.82, 2.24) is 5.32 Å². The maximum absolute atomic E-state index is 10.8. The first-order chi connectivity index (χ1) is 6.81. The molecular weight excluding hydrogens is 186 g/mol. The lowest BCUT2D eigenvalue weighted by Gasteiger charge is -2.05. The van der Waals surface area contributed by atoms with Gasteiger partial charge in [0.1, 0.15) is 0 Å². The fraction of sp³-hybridized carbons (Fsp3) is 0.889. The van der Waals surface area contributed by atoms with E-state index in [9.17, 15) is 4.79 Å². The number of nitrogens with one attached hydrogen (secondary N) is 1. The van der Waals surface area contributed by atoms with Gasteiger partial charge in [-0.25, -0.2) is 4.79 Å². The van der Waals surface area contributed by atoms with Gasteiger partial charge in [-0.05, 0) is 13.3 Å². The maximum atomic E-state index is 10.8. The number of aliphatic hydroxyl groups excluding tert-OH is 1. The van der Waals surface area contributed by atoms with Crippen LogP contribution in [0.4, 0.5) is 4.79 Å². The monoisotopic (exact) mass is 205 g/mol. The number of rotatable bonds is 8. The van der Waals surface area contributed by atoms with Crippen LogP contribution in [0.5, 0.6) is 0 Å². The van der Waals surface area contributed by atoms with Crippen molar-refractivity contribution in [3.8, 4) is 0 Å². The third-order valence-electron chi connectivity index (χ3n) is 1.43. The quantitative estimate of drug-likeness (QED) is 0.567. The van der Waals surface area contributed by atoms with E-state index in [1.165, 1.54) is 0 Å². The van der Waals surface area contributed by atoms with E-state index in [1.54, 1.807) is 0 Å². The van der Waals surface area contributed by atoms with Gasteiger partial charge in [0.25, 0.3) is 0 Å². The minimum absolute atomic E-state index is 0.148. The molecule has 0 unspecified atom stereocenters. The standard InChI is InChI=1S/C9H19NO4/c1-2-10-9(12)14-8-4-7-13-6-3-5-11/h11H,2-8H2,1H3,(H,10,12). The predicted octanol–water partition coefficient (Wildman–Crippen LogP) is 0.522. The van der Waals surface area contributed by atoms with E-state index in [0.717, 1.165) is 0 Å². The molecule has 0 aliphatic carbocycles. The SMILES string of the molecule is CCNC(=O)OCCCOCCCO. The van der Waals surface area contributed by atoms with Gasteiger partial charge >= 0.3 is 6.09 Å². The van der Waals surface area contributed by atoms with Crippen molar-refractivity contribution < 1.29 is 19.4 Å². The van der Waals surface area contributed by atoms with Crippen molar-refractivity contribution in [2.24, 2.45) is 0 Å². The number of carbonyl (C=O) groups excluding carboxylic acids is 1. The molecule has 0 saturated carbocycles. The number of hydrogen-bond acceptors (Lipinski definition) is 4. The second-order valence-corrected chi connectivity index (χ2v) is 2.71. The summed E-state index contributed by atoms with van der Waals surface area (Å²) in [7, 11) is 0. The van der Waals surface area contributed by atoms with Crippen LogP contribution < -0.4 is 5.32 Å². The van der Waals surface area contributed by atoms with Crippen molar-refractivity contribution in [1.29, 1.82) is 0 Å². The second-order valence-electron chi connectivity index (χ2n) is 2.71. The summed E-state index contributed by atoms with van der Waals surface area (Å²) in [5.74, 6) is 0. The molecule has 0 fully saturated rings. The smallest absolute Gasteiger partial charge is 0.407 e. The molecule has 5 heteroatoms. The van der Waals surface area contributed by atoms with Gasteiger partial charge in [0.05, 0.1) is 6.61 Å². The topological polar surface area (TPSA) is 67.8 Å². The van der Waals surface area contributed by atoms with Gasteiger partial charge < -0.3 is 19.9 Å². The Balaban J connectivity index is 3.01. The van der Waals surface area contributed by atoms with Crippen LogP contribution in [0.25, 0.3) is 0 Å². The van der Waals surface area contributed by atoms with Gasteiger partial charge in [-0.1, -0.05) is 0 Å². The Kier molecular flexibility index (Phi) is 9.68. The molecule has 14 heavy (non-hydrogen) atoms. The highest BCUT2D eigenvalue weighted by molar-refractivity contribution is 5.66. The van der Waals surface area contributed by atoms with Crippen LogP contribution in [0.3, 0.4) is 0 Å². The van der Waals surface area contributed by atoms with Crippen LogP contribution in [0, 0.1) is 0 Å². The van der Waals surface area contributed by atoms with Gasteiger partial charge in [0.15, 0.2) is 0 Å². The van der Waals surface area contributed by atoms with E-state index < -0.39 is 0 Å². The van der Waals surface area contributed by atoms with Gasteiger partial charge in [-0.2, -0.15) is 0 Å². The van der Waals surface area contributed by atoms with Crippen LogP contribution in [0.15, 0.2) is 0 Å². The summed E-state index contributed by atoms with van der Waals surface area (Å²) in [5, 5.41) is 11.0. The molecule has 0 aromatic carbocycles. The largest absolute Gasteiger partial charge is 0.449 e. The Hall–Kier alpha value is -0.810. The van der Waals surface area contributed by atoms with Gasteiger partial charge in [0.2, 0.25) is 0 Å². The minimum atomic E-state index is -0.386. The fourth-order valence-corrected chi connectivity index (χ4v) is 0.790. The number of alkyl carbamates (subject to hydrolysis) is 1. The zero-order chi connectivity index (χ0) is 10.6. The number of hydrogen-bond donors (Lipinski definition) is 2. The maximum Gasteiger partial charge on any atom is 0.407 e. The molecule has 2 N–H and O–H groups in total.